The zero-order valence-corrected chi connectivity index (χ0v) is 12.4. The third-order valence-electron chi connectivity index (χ3n) is 3.91. The minimum atomic E-state index is -4.53. The maximum absolute atomic E-state index is 13.2. The fourth-order valence-electron chi connectivity index (χ4n) is 2.91. The highest BCUT2D eigenvalue weighted by Gasteiger charge is 2.41. The van der Waals surface area contributed by atoms with E-state index >= 15 is 0 Å². The van der Waals surface area contributed by atoms with E-state index < -0.39 is 29.8 Å². The van der Waals surface area contributed by atoms with Gasteiger partial charge in [0.25, 0.3) is 0 Å². The standard InChI is InChI=1S/C14H14F3N5O2/c15-14(16,17)11-4-2-1-3-10(11)12-5-9(23)6-22(12)13(24)7-21-8-18-19-20-21/h1-4,8-9,12,23H,5-7H2/t9-,12-/m1/s1. The number of aliphatic hydroxyl groups is 1. The molecule has 0 aliphatic carbocycles. The third-order valence-corrected chi connectivity index (χ3v) is 3.91. The molecule has 128 valence electrons. The van der Waals surface area contributed by atoms with Crippen molar-refractivity contribution in [1.82, 2.24) is 25.1 Å². The van der Waals surface area contributed by atoms with Crippen molar-refractivity contribution in [2.45, 2.75) is 31.3 Å². The van der Waals surface area contributed by atoms with E-state index in [-0.39, 0.29) is 25.1 Å². The number of nitrogens with zero attached hydrogens (tertiary/aromatic N) is 5. The number of alkyl halides is 3. The molecule has 1 saturated heterocycles. The van der Waals surface area contributed by atoms with Crippen LogP contribution in [-0.4, -0.2) is 48.8 Å². The zero-order chi connectivity index (χ0) is 17.3. The van der Waals surface area contributed by atoms with E-state index in [9.17, 15) is 23.1 Å². The summed E-state index contributed by atoms with van der Waals surface area (Å²) in [5.74, 6) is -0.458. The molecule has 0 radical (unpaired) electrons. The van der Waals surface area contributed by atoms with Gasteiger partial charge in [0.2, 0.25) is 5.91 Å². The molecule has 0 saturated carbocycles. The number of carbonyl (C=O) groups is 1. The van der Waals surface area contributed by atoms with Crippen molar-refractivity contribution in [3.63, 3.8) is 0 Å². The van der Waals surface area contributed by atoms with Gasteiger partial charge >= 0.3 is 6.18 Å². The number of likely N-dealkylation sites (tertiary alicyclic amines) is 1. The molecule has 1 aromatic heterocycles. The van der Waals surface area contributed by atoms with Gasteiger partial charge in [-0.15, -0.1) is 5.10 Å². The first-order chi connectivity index (χ1) is 11.4. The van der Waals surface area contributed by atoms with Crippen molar-refractivity contribution >= 4 is 5.91 Å². The van der Waals surface area contributed by atoms with Crippen LogP contribution in [0.1, 0.15) is 23.6 Å². The summed E-state index contributed by atoms with van der Waals surface area (Å²) in [4.78, 5) is 13.7. The van der Waals surface area contributed by atoms with Gasteiger partial charge in [-0.25, -0.2) is 4.68 Å². The number of aromatic nitrogens is 4. The lowest BCUT2D eigenvalue weighted by Gasteiger charge is -2.27. The molecule has 2 aromatic rings. The number of amides is 1. The minimum absolute atomic E-state index is 0.0217. The fourth-order valence-corrected chi connectivity index (χ4v) is 2.91. The van der Waals surface area contributed by atoms with E-state index in [0.29, 0.717) is 0 Å². The van der Waals surface area contributed by atoms with Crippen LogP contribution in [0.4, 0.5) is 13.2 Å². The Kier molecular flexibility index (Phi) is 4.22. The monoisotopic (exact) mass is 341 g/mol. The number of tetrazole rings is 1. The molecule has 1 N–H and O–H groups in total. The molecule has 0 spiro atoms. The Morgan fingerprint density at radius 1 is 1.33 bits per heavy atom. The summed E-state index contributed by atoms with van der Waals surface area (Å²) < 4.78 is 40.9. The van der Waals surface area contributed by atoms with Crippen LogP contribution in [0.25, 0.3) is 0 Å². The molecule has 0 bridgehead atoms. The van der Waals surface area contributed by atoms with Crippen LogP contribution in [0, 0.1) is 0 Å². The van der Waals surface area contributed by atoms with Gasteiger partial charge in [-0.1, -0.05) is 18.2 Å². The Balaban J connectivity index is 1.90. The maximum atomic E-state index is 13.2. The predicted octanol–water partition coefficient (Wildman–Crippen LogP) is 1.03. The molecule has 1 amide bonds. The van der Waals surface area contributed by atoms with Crippen LogP contribution in [-0.2, 0) is 17.5 Å². The second-order valence-corrected chi connectivity index (χ2v) is 5.54. The largest absolute Gasteiger partial charge is 0.416 e. The molecule has 2 heterocycles. The lowest BCUT2D eigenvalue weighted by atomic mass is 9.97. The normalized spacial score (nSPS) is 21.2. The highest BCUT2D eigenvalue weighted by molar-refractivity contribution is 5.77. The Bertz CT molecular complexity index is 719. The van der Waals surface area contributed by atoms with E-state index in [1.54, 1.807) is 0 Å². The van der Waals surface area contributed by atoms with Gasteiger partial charge in [-0.2, -0.15) is 13.2 Å². The lowest BCUT2D eigenvalue weighted by molar-refractivity contribution is -0.140. The average molecular weight is 341 g/mol. The van der Waals surface area contributed by atoms with Crippen molar-refractivity contribution in [3.05, 3.63) is 41.7 Å². The van der Waals surface area contributed by atoms with Gasteiger partial charge in [0.1, 0.15) is 12.9 Å². The van der Waals surface area contributed by atoms with Crippen molar-refractivity contribution in [2.75, 3.05) is 6.54 Å². The molecule has 10 heteroatoms. The summed E-state index contributed by atoms with van der Waals surface area (Å²) >= 11 is 0. The van der Waals surface area contributed by atoms with Gasteiger partial charge in [-0.05, 0) is 28.5 Å². The van der Waals surface area contributed by atoms with Crippen molar-refractivity contribution in [2.24, 2.45) is 0 Å². The highest BCUT2D eigenvalue weighted by Crippen LogP contribution is 2.40. The summed E-state index contributed by atoms with van der Waals surface area (Å²) in [7, 11) is 0. The van der Waals surface area contributed by atoms with E-state index in [4.69, 9.17) is 0 Å². The Morgan fingerprint density at radius 3 is 2.75 bits per heavy atom. The summed E-state index contributed by atoms with van der Waals surface area (Å²) in [5.41, 5.74) is -0.823. The van der Waals surface area contributed by atoms with E-state index in [1.807, 2.05) is 0 Å². The van der Waals surface area contributed by atoms with E-state index in [0.717, 1.165) is 6.07 Å². The SMILES string of the molecule is O=C(Cn1cnnn1)N1C[C@H](O)C[C@@H]1c1ccccc1C(F)(F)F. The van der Waals surface area contributed by atoms with Crippen LogP contribution in [0.5, 0.6) is 0 Å². The summed E-state index contributed by atoms with van der Waals surface area (Å²) in [5, 5.41) is 20.3. The van der Waals surface area contributed by atoms with Gasteiger partial charge in [0.05, 0.1) is 17.7 Å². The Labute approximate surface area is 134 Å². The summed E-state index contributed by atoms with van der Waals surface area (Å²) in [6.07, 6.45) is -4.12. The highest BCUT2D eigenvalue weighted by atomic mass is 19.4. The molecular formula is C14H14F3N5O2. The lowest BCUT2D eigenvalue weighted by Crippen LogP contribution is -2.35. The van der Waals surface area contributed by atoms with Gasteiger partial charge < -0.3 is 10.0 Å². The second kappa shape index (κ2) is 6.19. The minimum Gasteiger partial charge on any atom is -0.391 e. The van der Waals surface area contributed by atoms with Gasteiger partial charge in [-0.3, -0.25) is 4.79 Å². The van der Waals surface area contributed by atoms with Crippen LogP contribution < -0.4 is 0 Å². The number of hydrogen-bond acceptors (Lipinski definition) is 5. The van der Waals surface area contributed by atoms with Crippen LogP contribution in [0.3, 0.4) is 0 Å². The number of β-amino-alcohol motifs (C(OH)–C–C–N with tert-alkyl or cyclic N) is 1. The molecule has 1 aliphatic rings. The van der Waals surface area contributed by atoms with Crippen LogP contribution >= 0.6 is 0 Å². The first-order valence-electron chi connectivity index (χ1n) is 7.20. The fraction of sp³-hybridized carbons (Fsp3) is 0.429. The predicted molar refractivity (Wildman–Crippen MR) is 74.3 cm³/mol. The Hall–Kier alpha value is -2.49. The summed E-state index contributed by atoms with van der Waals surface area (Å²) in [6.45, 7) is -0.234. The van der Waals surface area contributed by atoms with Gasteiger partial charge in [0.15, 0.2) is 0 Å². The maximum Gasteiger partial charge on any atom is 0.416 e. The van der Waals surface area contributed by atoms with Crippen molar-refractivity contribution < 1.29 is 23.1 Å². The molecule has 2 atom stereocenters. The van der Waals surface area contributed by atoms with E-state index in [1.165, 1.54) is 34.1 Å². The zero-order valence-electron chi connectivity index (χ0n) is 12.4. The molecule has 24 heavy (non-hydrogen) atoms. The molecule has 7 nitrogen and oxygen atoms in total. The quantitative estimate of drug-likeness (QED) is 0.901. The number of carbonyl (C=O) groups excluding carboxylic acids is 1. The molecule has 1 fully saturated rings. The first kappa shape index (κ1) is 16.4. The molecule has 1 aliphatic heterocycles. The number of rotatable bonds is 3. The number of aliphatic hydroxyl groups excluding tert-OH is 1. The topological polar surface area (TPSA) is 84.1 Å². The number of benzene rings is 1. The summed E-state index contributed by atoms with van der Waals surface area (Å²) in [6, 6.07) is 4.25. The van der Waals surface area contributed by atoms with Crippen LogP contribution in [0.15, 0.2) is 30.6 Å². The molecule has 3 rings (SSSR count). The van der Waals surface area contributed by atoms with Crippen molar-refractivity contribution in [3.8, 4) is 0 Å². The number of hydrogen-bond donors (Lipinski definition) is 1. The molecule has 0 unspecified atom stereocenters. The first-order valence-corrected chi connectivity index (χ1v) is 7.20. The van der Waals surface area contributed by atoms with Crippen molar-refractivity contribution in [1.29, 1.82) is 0 Å². The third kappa shape index (κ3) is 3.23. The Morgan fingerprint density at radius 2 is 2.08 bits per heavy atom. The molecule has 1 aromatic carbocycles. The van der Waals surface area contributed by atoms with Crippen LogP contribution in [0.2, 0.25) is 0 Å². The second-order valence-electron chi connectivity index (χ2n) is 5.54. The number of halogens is 3. The smallest absolute Gasteiger partial charge is 0.391 e. The van der Waals surface area contributed by atoms with Gasteiger partial charge in [0, 0.05) is 6.54 Å². The molecular weight excluding hydrogens is 327 g/mol. The average Bonchev–Trinajstić information content (AvgIpc) is 3.15. The van der Waals surface area contributed by atoms with E-state index in [2.05, 4.69) is 15.5 Å².